The maximum absolute atomic E-state index is 12.5. The van der Waals surface area contributed by atoms with E-state index in [1.165, 1.54) is 0 Å². The number of anilines is 1. The zero-order valence-corrected chi connectivity index (χ0v) is 16.0. The average molecular weight is 392 g/mol. The molecule has 148 valence electrons. The average Bonchev–Trinajstić information content (AvgIpc) is 3.25. The lowest BCUT2D eigenvalue weighted by molar-refractivity contribution is -0.151. The number of benzene rings is 2. The molecule has 0 aromatic heterocycles. The van der Waals surface area contributed by atoms with Gasteiger partial charge in [0.25, 0.3) is 11.8 Å². The van der Waals surface area contributed by atoms with E-state index in [1.54, 1.807) is 29.2 Å². The van der Waals surface area contributed by atoms with Crippen LogP contribution in [0.1, 0.15) is 39.6 Å². The highest BCUT2D eigenvalue weighted by Gasteiger charge is 2.39. The molecule has 7 heteroatoms. The highest BCUT2D eigenvalue weighted by Crippen LogP contribution is 2.27. The Morgan fingerprint density at radius 1 is 1.00 bits per heavy atom. The summed E-state index contributed by atoms with van der Waals surface area (Å²) in [5.74, 6) is -2.36. The summed E-state index contributed by atoms with van der Waals surface area (Å²) in [6.07, 6.45) is 0.942. The molecule has 0 unspecified atom stereocenters. The van der Waals surface area contributed by atoms with Crippen LogP contribution in [0, 0.1) is 5.92 Å². The van der Waals surface area contributed by atoms with E-state index in [2.05, 4.69) is 6.92 Å². The number of nitrogens with zero attached hydrogens (tertiary/aromatic N) is 2. The maximum atomic E-state index is 12.5. The van der Waals surface area contributed by atoms with E-state index in [9.17, 15) is 19.2 Å². The maximum Gasteiger partial charge on any atom is 0.313 e. The van der Waals surface area contributed by atoms with Crippen LogP contribution >= 0.6 is 0 Å². The Labute approximate surface area is 167 Å². The number of carbonyl (C=O) groups excluding carboxylic acids is 4. The minimum atomic E-state index is -0.636. The van der Waals surface area contributed by atoms with Crippen molar-refractivity contribution in [1.29, 1.82) is 0 Å². The third-order valence-corrected chi connectivity index (χ3v) is 5.33. The number of hydrogen-bond donors (Lipinski definition) is 0. The Morgan fingerprint density at radius 3 is 2.21 bits per heavy atom. The first-order valence-electron chi connectivity index (χ1n) is 9.50. The van der Waals surface area contributed by atoms with Crippen LogP contribution in [0.15, 0.2) is 48.5 Å². The van der Waals surface area contributed by atoms with Gasteiger partial charge in [-0.1, -0.05) is 31.2 Å². The number of hydrogen-bond acceptors (Lipinski definition) is 5. The van der Waals surface area contributed by atoms with E-state index in [1.807, 2.05) is 24.3 Å². The van der Waals surface area contributed by atoms with Crippen molar-refractivity contribution in [3.8, 4) is 0 Å². The molecule has 2 aliphatic heterocycles. The van der Waals surface area contributed by atoms with Crippen molar-refractivity contribution in [2.45, 2.75) is 19.8 Å². The minimum Gasteiger partial charge on any atom is -0.443 e. The van der Waals surface area contributed by atoms with Crippen molar-refractivity contribution < 1.29 is 23.9 Å². The smallest absolute Gasteiger partial charge is 0.313 e. The number of ether oxygens (including phenoxy) is 1. The Kier molecular flexibility index (Phi) is 4.88. The topological polar surface area (TPSA) is 84.0 Å². The standard InChI is InChI=1S/C22H20N2O5/c1-2-14-7-9-16(10-8-14)23-12-15(11-19(23)25)22(28)29-13-24-20(26)17-5-3-4-6-18(17)21(24)27/h3-10,15H,2,11-13H2,1H3/t15-/m1/s1. The van der Waals surface area contributed by atoms with E-state index in [-0.39, 0.29) is 18.9 Å². The number of carbonyl (C=O) groups is 4. The molecule has 2 aromatic carbocycles. The van der Waals surface area contributed by atoms with E-state index < -0.39 is 30.4 Å². The van der Waals surface area contributed by atoms with E-state index in [0.29, 0.717) is 11.1 Å². The molecule has 0 radical (unpaired) electrons. The largest absolute Gasteiger partial charge is 0.443 e. The number of rotatable bonds is 5. The van der Waals surface area contributed by atoms with Crippen molar-refractivity contribution >= 4 is 29.4 Å². The molecule has 4 rings (SSSR count). The summed E-state index contributed by atoms with van der Waals surface area (Å²) in [5, 5.41) is 0. The molecule has 1 saturated heterocycles. The molecule has 0 bridgehead atoms. The molecular formula is C22H20N2O5. The van der Waals surface area contributed by atoms with Gasteiger partial charge in [-0.25, -0.2) is 4.90 Å². The van der Waals surface area contributed by atoms with Crippen molar-refractivity contribution in [3.05, 3.63) is 65.2 Å². The molecule has 7 nitrogen and oxygen atoms in total. The van der Waals surface area contributed by atoms with E-state index in [0.717, 1.165) is 22.6 Å². The monoisotopic (exact) mass is 392 g/mol. The van der Waals surface area contributed by atoms with Crippen LogP contribution in [-0.2, 0) is 20.7 Å². The first kappa shape index (κ1) is 18.9. The van der Waals surface area contributed by atoms with Gasteiger partial charge >= 0.3 is 5.97 Å². The van der Waals surface area contributed by atoms with Gasteiger partial charge in [0.05, 0.1) is 17.0 Å². The van der Waals surface area contributed by atoms with Crippen LogP contribution in [0.2, 0.25) is 0 Å². The summed E-state index contributed by atoms with van der Waals surface area (Å²) < 4.78 is 5.22. The van der Waals surface area contributed by atoms with Crippen molar-refractivity contribution in [3.63, 3.8) is 0 Å². The van der Waals surface area contributed by atoms with Crippen LogP contribution in [-0.4, -0.2) is 41.9 Å². The fraction of sp³-hybridized carbons (Fsp3) is 0.273. The highest BCUT2D eigenvalue weighted by molar-refractivity contribution is 6.21. The third-order valence-electron chi connectivity index (χ3n) is 5.33. The molecule has 0 spiro atoms. The summed E-state index contributed by atoms with van der Waals surface area (Å²) in [6.45, 7) is 1.81. The molecule has 1 fully saturated rings. The molecule has 2 aliphatic rings. The zero-order valence-electron chi connectivity index (χ0n) is 16.0. The Balaban J connectivity index is 1.38. The summed E-state index contributed by atoms with van der Waals surface area (Å²) >= 11 is 0. The fourth-order valence-corrected chi connectivity index (χ4v) is 3.63. The lowest BCUT2D eigenvalue weighted by atomic mass is 10.1. The summed E-state index contributed by atoms with van der Waals surface area (Å²) in [7, 11) is 0. The van der Waals surface area contributed by atoms with E-state index in [4.69, 9.17) is 4.74 Å². The lowest BCUT2D eigenvalue weighted by Crippen LogP contribution is -2.35. The van der Waals surface area contributed by atoms with Gasteiger partial charge in [0.2, 0.25) is 5.91 Å². The second kappa shape index (κ2) is 7.50. The molecule has 29 heavy (non-hydrogen) atoms. The predicted molar refractivity (Wildman–Crippen MR) is 104 cm³/mol. The molecule has 1 atom stereocenters. The van der Waals surface area contributed by atoms with Gasteiger partial charge in [-0.3, -0.25) is 19.2 Å². The van der Waals surface area contributed by atoms with Crippen LogP contribution in [0.4, 0.5) is 5.69 Å². The molecule has 2 aromatic rings. The van der Waals surface area contributed by atoms with Gasteiger partial charge in [0.15, 0.2) is 6.73 Å². The zero-order chi connectivity index (χ0) is 20.5. The van der Waals surface area contributed by atoms with Crippen LogP contribution in [0.5, 0.6) is 0 Å². The predicted octanol–water partition coefficient (Wildman–Crippen LogP) is 2.40. The van der Waals surface area contributed by atoms with Crippen LogP contribution in [0.3, 0.4) is 0 Å². The number of esters is 1. The van der Waals surface area contributed by atoms with E-state index >= 15 is 0 Å². The van der Waals surface area contributed by atoms with Gasteiger partial charge in [-0.15, -0.1) is 0 Å². The third kappa shape index (κ3) is 3.40. The summed E-state index contributed by atoms with van der Waals surface area (Å²) in [4.78, 5) is 52.0. The molecule has 0 saturated carbocycles. The van der Waals surface area contributed by atoms with Gasteiger partial charge in [0.1, 0.15) is 0 Å². The highest BCUT2D eigenvalue weighted by atomic mass is 16.5. The number of aryl methyl sites for hydroxylation is 1. The van der Waals surface area contributed by atoms with Gasteiger partial charge in [-0.2, -0.15) is 0 Å². The SMILES string of the molecule is CCc1ccc(N2C[C@H](C(=O)OCN3C(=O)c4ccccc4C3=O)CC2=O)cc1. The molecule has 3 amide bonds. The Bertz CT molecular complexity index is 964. The molecule has 0 aliphatic carbocycles. The van der Waals surface area contributed by atoms with Crippen molar-refractivity contribution in [2.24, 2.45) is 5.92 Å². The van der Waals surface area contributed by atoms with Crippen molar-refractivity contribution in [1.82, 2.24) is 4.90 Å². The number of amides is 3. The lowest BCUT2D eigenvalue weighted by Gasteiger charge is -2.18. The second-order valence-electron chi connectivity index (χ2n) is 7.10. The first-order chi connectivity index (χ1) is 14.0. The van der Waals surface area contributed by atoms with Crippen LogP contribution < -0.4 is 4.90 Å². The second-order valence-corrected chi connectivity index (χ2v) is 7.10. The van der Waals surface area contributed by atoms with Gasteiger partial charge in [0, 0.05) is 18.7 Å². The fourth-order valence-electron chi connectivity index (χ4n) is 3.63. The molecule has 0 N–H and O–H groups in total. The quantitative estimate of drug-likeness (QED) is 0.576. The molecular weight excluding hydrogens is 372 g/mol. The van der Waals surface area contributed by atoms with Gasteiger partial charge in [-0.05, 0) is 36.2 Å². The minimum absolute atomic E-state index is 0.0382. The molecule has 2 heterocycles. The Morgan fingerprint density at radius 2 is 1.62 bits per heavy atom. The van der Waals surface area contributed by atoms with Crippen LogP contribution in [0.25, 0.3) is 0 Å². The normalized spacial score (nSPS) is 18.4. The van der Waals surface area contributed by atoms with Gasteiger partial charge < -0.3 is 9.64 Å². The summed E-state index contributed by atoms with van der Waals surface area (Å²) in [6, 6.07) is 14.1. The van der Waals surface area contributed by atoms with Crippen molar-refractivity contribution in [2.75, 3.05) is 18.2 Å². The number of fused-ring (bicyclic) bond motifs is 1. The Hall–Kier alpha value is -3.48. The summed E-state index contributed by atoms with van der Waals surface area (Å²) in [5.41, 5.74) is 2.50. The number of imide groups is 1. The first-order valence-corrected chi connectivity index (χ1v) is 9.50.